The first kappa shape index (κ1) is 10.7. The third-order valence-corrected chi connectivity index (χ3v) is 3.03. The standard InChI is InChI=1S/C9H9N5O4/c15-9(16)14-4-5(7-2-10-12-17-7)1-6(14)8-3-11-13-18-8/h2-3,5-6H,1,4H2,(H,15,16). The Kier molecular flexibility index (Phi) is 2.43. The molecule has 3 heterocycles. The van der Waals surface area contributed by atoms with Crippen LogP contribution in [0.2, 0.25) is 0 Å². The van der Waals surface area contributed by atoms with Gasteiger partial charge in [0.25, 0.3) is 0 Å². The molecule has 1 fully saturated rings. The number of likely N-dealkylation sites (tertiary alicyclic amines) is 1. The molecule has 1 aliphatic rings. The largest absolute Gasteiger partial charge is 0.465 e. The molecule has 9 nitrogen and oxygen atoms in total. The summed E-state index contributed by atoms with van der Waals surface area (Å²) in [6.45, 7) is 0.303. The summed E-state index contributed by atoms with van der Waals surface area (Å²) in [7, 11) is 0. The van der Waals surface area contributed by atoms with Crippen LogP contribution in [-0.2, 0) is 0 Å². The van der Waals surface area contributed by atoms with E-state index in [9.17, 15) is 9.90 Å². The van der Waals surface area contributed by atoms with E-state index in [2.05, 4.69) is 20.7 Å². The number of nitrogens with zero attached hydrogens (tertiary/aromatic N) is 5. The molecule has 1 amide bonds. The lowest BCUT2D eigenvalue weighted by atomic mass is 10.0. The number of amides is 1. The second-order valence-electron chi connectivity index (χ2n) is 4.02. The predicted octanol–water partition coefficient (Wildman–Crippen LogP) is 0.661. The molecular formula is C9H9N5O4. The van der Waals surface area contributed by atoms with Gasteiger partial charge in [0.2, 0.25) is 0 Å². The maximum Gasteiger partial charge on any atom is 0.407 e. The van der Waals surface area contributed by atoms with Crippen molar-refractivity contribution in [2.45, 2.75) is 18.4 Å². The van der Waals surface area contributed by atoms with Crippen molar-refractivity contribution in [2.75, 3.05) is 6.54 Å². The summed E-state index contributed by atoms with van der Waals surface area (Å²) in [4.78, 5) is 12.5. The molecule has 9 heteroatoms. The Balaban J connectivity index is 1.87. The molecule has 0 radical (unpaired) electrons. The molecule has 1 N–H and O–H groups in total. The van der Waals surface area contributed by atoms with E-state index in [0.29, 0.717) is 24.5 Å². The van der Waals surface area contributed by atoms with Crippen molar-refractivity contribution in [2.24, 2.45) is 0 Å². The van der Waals surface area contributed by atoms with E-state index >= 15 is 0 Å². The molecule has 1 aliphatic heterocycles. The highest BCUT2D eigenvalue weighted by Gasteiger charge is 2.40. The van der Waals surface area contributed by atoms with Gasteiger partial charge in [-0.15, -0.1) is 10.2 Å². The fraction of sp³-hybridized carbons (Fsp3) is 0.444. The summed E-state index contributed by atoms with van der Waals surface area (Å²) in [6, 6.07) is -0.410. The topological polar surface area (TPSA) is 118 Å². The molecule has 0 spiro atoms. The van der Waals surface area contributed by atoms with E-state index in [-0.39, 0.29) is 5.92 Å². The van der Waals surface area contributed by atoms with Crippen molar-refractivity contribution < 1.29 is 18.9 Å². The van der Waals surface area contributed by atoms with Gasteiger partial charge in [-0.25, -0.2) is 4.79 Å². The molecule has 1 saturated heterocycles. The van der Waals surface area contributed by atoms with Crippen LogP contribution in [0.3, 0.4) is 0 Å². The van der Waals surface area contributed by atoms with Crippen LogP contribution in [0.15, 0.2) is 21.4 Å². The van der Waals surface area contributed by atoms with Gasteiger partial charge in [0.05, 0.1) is 18.4 Å². The maximum absolute atomic E-state index is 11.2. The Labute approximate surface area is 100 Å². The van der Waals surface area contributed by atoms with Gasteiger partial charge < -0.3 is 14.2 Å². The van der Waals surface area contributed by atoms with Gasteiger partial charge in [-0.2, -0.15) is 0 Å². The quantitative estimate of drug-likeness (QED) is 0.826. The molecule has 2 atom stereocenters. The van der Waals surface area contributed by atoms with Crippen molar-refractivity contribution in [1.29, 1.82) is 0 Å². The summed E-state index contributed by atoms with van der Waals surface area (Å²) in [5, 5.41) is 23.1. The van der Waals surface area contributed by atoms with E-state index in [0.717, 1.165) is 0 Å². The molecule has 2 unspecified atom stereocenters. The predicted molar refractivity (Wildman–Crippen MR) is 53.4 cm³/mol. The van der Waals surface area contributed by atoms with Gasteiger partial charge in [-0.1, -0.05) is 0 Å². The lowest BCUT2D eigenvalue weighted by Crippen LogP contribution is -2.29. The first-order valence-corrected chi connectivity index (χ1v) is 5.30. The highest BCUT2D eigenvalue weighted by atomic mass is 16.5. The molecule has 18 heavy (non-hydrogen) atoms. The number of hydrogen-bond acceptors (Lipinski definition) is 7. The van der Waals surface area contributed by atoms with Gasteiger partial charge in [-0.3, -0.25) is 4.90 Å². The van der Waals surface area contributed by atoms with Crippen molar-refractivity contribution in [3.63, 3.8) is 0 Å². The Bertz CT molecular complexity index is 525. The van der Waals surface area contributed by atoms with E-state index in [1.807, 2.05) is 0 Å². The number of rotatable bonds is 2. The number of aromatic nitrogens is 4. The second kappa shape index (κ2) is 4.09. The van der Waals surface area contributed by atoms with Crippen LogP contribution in [0.1, 0.15) is 29.9 Å². The van der Waals surface area contributed by atoms with Gasteiger partial charge >= 0.3 is 6.09 Å². The minimum atomic E-state index is -1.02. The third kappa shape index (κ3) is 1.69. The van der Waals surface area contributed by atoms with Crippen LogP contribution in [0.5, 0.6) is 0 Å². The van der Waals surface area contributed by atoms with Crippen LogP contribution in [0, 0.1) is 0 Å². The minimum absolute atomic E-state index is 0.0915. The van der Waals surface area contributed by atoms with E-state index in [1.165, 1.54) is 17.3 Å². The zero-order valence-corrected chi connectivity index (χ0v) is 9.13. The SMILES string of the molecule is O=C(O)N1CC(c2cnno2)CC1c1cnno1. The Morgan fingerprint density at radius 3 is 2.50 bits per heavy atom. The summed E-state index contributed by atoms with van der Waals surface area (Å²) in [6.07, 6.45) is 2.42. The van der Waals surface area contributed by atoms with Crippen molar-refractivity contribution in [1.82, 2.24) is 25.6 Å². The van der Waals surface area contributed by atoms with Crippen LogP contribution in [0.25, 0.3) is 0 Å². The highest BCUT2D eigenvalue weighted by Crippen LogP contribution is 2.39. The first-order valence-electron chi connectivity index (χ1n) is 5.30. The molecule has 2 aromatic rings. The molecule has 0 aliphatic carbocycles. The normalized spacial score (nSPS) is 23.4. The van der Waals surface area contributed by atoms with Gasteiger partial charge in [0.15, 0.2) is 11.5 Å². The first-order chi connectivity index (χ1) is 8.75. The smallest absolute Gasteiger partial charge is 0.407 e. The number of carboxylic acid groups (broad SMARTS) is 1. The third-order valence-electron chi connectivity index (χ3n) is 3.03. The fourth-order valence-corrected chi connectivity index (χ4v) is 2.20. The van der Waals surface area contributed by atoms with Crippen LogP contribution in [-0.4, -0.2) is 43.4 Å². The lowest BCUT2D eigenvalue weighted by Gasteiger charge is -2.17. The molecular weight excluding hydrogens is 242 g/mol. The monoisotopic (exact) mass is 251 g/mol. The van der Waals surface area contributed by atoms with Gasteiger partial charge in [0, 0.05) is 23.0 Å². The Hall–Kier alpha value is -2.45. The molecule has 0 bridgehead atoms. The van der Waals surface area contributed by atoms with Crippen molar-refractivity contribution >= 4 is 6.09 Å². The molecule has 0 aromatic carbocycles. The number of carbonyl (C=O) groups is 1. The van der Waals surface area contributed by atoms with Crippen LogP contribution < -0.4 is 0 Å². The van der Waals surface area contributed by atoms with E-state index < -0.39 is 12.1 Å². The van der Waals surface area contributed by atoms with E-state index in [1.54, 1.807) is 0 Å². The Morgan fingerprint density at radius 2 is 1.94 bits per heavy atom. The fourth-order valence-electron chi connectivity index (χ4n) is 2.20. The van der Waals surface area contributed by atoms with Gasteiger partial charge in [-0.05, 0) is 6.42 Å². The van der Waals surface area contributed by atoms with Crippen molar-refractivity contribution in [3.8, 4) is 0 Å². The summed E-state index contributed by atoms with van der Waals surface area (Å²) in [5.41, 5.74) is 0. The minimum Gasteiger partial charge on any atom is -0.465 e. The lowest BCUT2D eigenvalue weighted by molar-refractivity contribution is 0.132. The van der Waals surface area contributed by atoms with Crippen LogP contribution in [0.4, 0.5) is 4.79 Å². The van der Waals surface area contributed by atoms with Crippen molar-refractivity contribution in [3.05, 3.63) is 23.9 Å². The number of hydrogen-bond donors (Lipinski definition) is 1. The molecule has 0 saturated carbocycles. The molecule has 3 rings (SSSR count). The Morgan fingerprint density at radius 1 is 1.28 bits per heavy atom. The molecule has 2 aromatic heterocycles. The summed E-state index contributed by atoms with van der Waals surface area (Å²) in [5.74, 6) is 0.898. The summed E-state index contributed by atoms with van der Waals surface area (Å²) < 4.78 is 9.90. The van der Waals surface area contributed by atoms with E-state index in [4.69, 9.17) is 9.05 Å². The average Bonchev–Trinajstić information content (AvgIpc) is 3.10. The zero-order valence-electron chi connectivity index (χ0n) is 9.13. The zero-order chi connectivity index (χ0) is 12.5. The van der Waals surface area contributed by atoms with Crippen LogP contribution >= 0.6 is 0 Å². The van der Waals surface area contributed by atoms with Gasteiger partial charge in [0.1, 0.15) is 0 Å². The summed E-state index contributed by atoms with van der Waals surface area (Å²) >= 11 is 0. The maximum atomic E-state index is 11.2. The average molecular weight is 251 g/mol. The highest BCUT2D eigenvalue weighted by molar-refractivity contribution is 5.66. The second-order valence-corrected chi connectivity index (χ2v) is 4.02. The molecule has 94 valence electrons.